The van der Waals surface area contributed by atoms with Crippen LogP contribution in [0.4, 0.5) is 0 Å². The fourth-order valence-corrected chi connectivity index (χ4v) is 2.57. The van der Waals surface area contributed by atoms with E-state index in [0.717, 1.165) is 15.8 Å². The molecule has 1 N–H and O–H groups in total. The van der Waals surface area contributed by atoms with E-state index in [1.165, 1.54) is 0 Å². The van der Waals surface area contributed by atoms with Crippen molar-refractivity contribution in [2.75, 3.05) is 20.7 Å². The van der Waals surface area contributed by atoms with Gasteiger partial charge in [0.25, 0.3) is 0 Å². The number of carboxylic acids is 1. The van der Waals surface area contributed by atoms with Crippen LogP contribution in [0.5, 0.6) is 5.75 Å². The van der Waals surface area contributed by atoms with Gasteiger partial charge in [0.2, 0.25) is 0 Å². The van der Waals surface area contributed by atoms with Gasteiger partial charge in [-0.1, -0.05) is 28.9 Å². The van der Waals surface area contributed by atoms with E-state index in [2.05, 4.69) is 22.9 Å². The summed E-state index contributed by atoms with van der Waals surface area (Å²) in [6.45, 7) is 4.28. The van der Waals surface area contributed by atoms with Crippen LogP contribution in [0.2, 0.25) is 0 Å². The van der Waals surface area contributed by atoms with Gasteiger partial charge < -0.3 is 9.84 Å². The Hall–Kier alpha value is -1.07. The Kier molecular flexibility index (Phi) is 5.82. The number of hydrogen-bond acceptors (Lipinski definition) is 3. The van der Waals surface area contributed by atoms with Crippen LogP contribution in [0.25, 0.3) is 0 Å². The summed E-state index contributed by atoms with van der Waals surface area (Å²) in [6, 6.07) is 5.95. The zero-order valence-electron chi connectivity index (χ0n) is 11.7. The molecule has 1 rings (SSSR count). The minimum atomic E-state index is -0.771. The first-order valence-electron chi connectivity index (χ1n) is 6.13. The number of methoxy groups -OCH3 is 1. The number of halogens is 1. The molecular formula is C14H20BrNO3. The molecule has 0 saturated heterocycles. The minimum Gasteiger partial charge on any atom is -0.497 e. The molecule has 0 fully saturated rings. The SMILES string of the molecule is COc1ccc(C(C)N(C)CC(C)C(=O)O)c(Br)c1. The molecule has 5 heteroatoms. The first-order valence-corrected chi connectivity index (χ1v) is 6.92. The van der Waals surface area contributed by atoms with Gasteiger partial charge in [-0.05, 0) is 31.7 Å². The quantitative estimate of drug-likeness (QED) is 0.870. The molecule has 1 aromatic carbocycles. The van der Waals surface area contributed by atoms with Crippen LogP contribution in [0.3, 0.4) is 0 Å². The van der Waals surface area contributed by atoms with Crippen LogP contribution in [0, 0.1) is 5.92 Å². The standard InChI is InChI=1S/C14H20BrNO3/c1-9(14(17)18)8-16(3)10(2)12-6-5-11(19-4)7-13(12)15/h5-7,9-10H,8H2,1-4H3,(H,17,18). The molecular weight excluding hydrogens is 310 g/mol. The second-order valence-corrected chi connectivity index (χ2v) is 5.60. The van der Waals surface area contributed by atoms with Crippen LogP contribution in [0.15, 0.2) is 22.7 Å². The van der Waals surface area contributed by atoms with Crippen molar-refractivity contribution in [3.05, 3.63) is 28.2 Å². The molecule has 0 aliphatic heterocycles. The molecule has 2 unspecified atom stereocenters. The minimum absolute atomic E-state index is 0.127. The summed E-state index contributed by atoms with van der Waals surface area (Å²) in [5.41, 5.74) is 1.11. The van der Waals surface area contributed by atoms with Gasteiger partial charge >= 0.3 is 5.97 Å². The first kappa shape index (κ1) is 16.0. The van der Waals surface area contributed by atoms with Gasteiger partial charge in [0, 0.05) is 17.1 Å². The molecule has 106 valence electrons. The van der Waals surface area contributed by atoms with E-state index in [4.69, 9.17) is 9.84 Å². The third-order valence-corrected chi connectivity index (χ3v) is 3.99. The average Bonchev–Trinajstić information content (AvgIpc) is 2.37. The third-order valence-electron chi connectivity index (χ3n) is 3.30. The monoisotopic (exact) mass is 329 g/mol. The third kappa shape index (κ3) is 4.21. The van der Waals surface area contributed by atoms with E-state index in [1.807, 2.05) is 30.1 Å². The van der Waals surface area contributed by atoms with Crippen LogP contribution in [0.1, 0.15) is 25.5 Å². The van der Waals surface area contributed by atoms with Gasteiger partial charge in [-0.2, -0.15) is 0 Å². The highest BCUT2D eigenvalue weighted by atomic mass is 79.9. The number of aliphatic carboxylic acids is 1. The highest BCUT2D eigenvalue weighted by molar-refractivity contribution is 9.10. The Morgan fingerprint density at radius 1 is 1.47 bits per heavy atom. The maximum Gasteiger partial charge on any atom is 0.307 e. The number of hydrogen-bond donors (Lipinski definition) is 1. The maximum absolute atomic E-state index is 10.9. The molecule has 0 aromatic heterocycles. The molecule has 0 spiro atoms. The predicted molar refractivity (Wildman–Crippen MR) is 78.5 cm³/mol. The van der Waals surface area contributed by atoms with Crippen molar-refractivity contribution in [1.29, 1.82) is 0 Å². The Morgan fingerprint density at radius 2 is 2.11 bits per heavy atom. The Bertz CT molecular complexity index is 450. The van der Waals surface area contributed by atoms with Crippen molar-refractivity contribution in [3.63, 3.8) is 0 Å². The fraction of sp³-hybridized carbons (Fsp3) is 0.500. The van der Waals surface area contributed by atoms with E-state index in [0.29, 0.717) is 6.54 Å². The number of nitrogens with zero attached hydrogens (tertiary/aromatic N) is 1. The Morgan fingerprint density at radius 3 is 2.58 bits per heavy atom. The number of ether oxygens (including phenoxy) is 1. The summed E-state index contributed by atoms with van der Waals surface area (Å²) in [4.78, 5) is 12.9. The lowest BCUT2D eigenvalue weighted by molar-refractivity contribution is -0.141. The van der Waals surface area contributed by atoms with Crippen molar-refractivity contribution in [3.8, 4) is 5.75 Å². The van der Waals surface area contributed by atoms with E-state index < -0.39 is 5.97 Å². The topological polar surface area (TPSA) is 49.8 Å². The van der Waals surface area contributed by atoms with Crippen molar-refractivity contribution < 1.29 is 14.6 Å². The van der Waals surface area contributed by atoms with Crippen LogP contribution in [-0.2, 0) is 4.79 Å². The lowest BCUT2D eigenvalue weighted by Crippen LogP contribution is -2.30. The van der Waals surface area contributed by atoms with Crippen LogP contribution < -0.4 is 4.74 Å². The zero-order chi connectivity index (χ0) is 14.6. The number of carboxylic acid groups (broad SMARTS) is 1. The summed E-state index contributed by atoms with van der Waals surface area (Å²) in [6.07, 6.45) is 0. The van der Waals surface area contributed by atoms with Gasteiger partial charge in [-0.15, -0.1) is 0 Å². The number of benzene rings is 1. The summed E-state index contributed by atoms with van der Waals surface area (Å²) in [7, 11) is 3.56. The summed E-state index contributed by atoms with van der Waals surface area (Å²) < 4.78 is 6.13. The van der Waals surface area contributed by atoms with E-state index in [-0.39, 0.29) is 12.0 Å². The molecule has 4 nitrogen and oxygen atoms in total. The van der Waals surface area contributed by atoms with Gasteiger partial charge in [0.05, 0.1) is 13.0 Å². The first-order chi connectivity index (χ1) is 8.86. The Balaban J connectivity index is 2.82. The van der Waals surface area contributed by atoms with Crippen molar-refractivity contribution in [1.82, 2.24) is 4.90 Å². The molecule has 19 heavy (non-hydrogen) atoms. The summed E-state index contributed by atoms with van der Waals surface area (Å²) in [5, 5.41) is 8.95. The van der Waals surface area contributed by atoms with Crippen molar-refractivity contribution in [2.24, 2.45) is 5.92 Å². The van der Waals surface area contributed by atoms with Gasteiger partial charge in [-0.25, -0.2) is 0 Å². The van der Waals surface area contributed by atoms with E-state index in [1.54, 1.807) is 14.0 Å². The smallest absolute Gasteiger partial charge is 0.307 e. The Labute approximate surface area is 122 Å². The molecule has 0 aliphatic rings. The highest BCUT2D eigenvalue weighted by Gasteiger charge is 2.20. The van der Waals surface area contributed by atoms with Gasteiger partial charge in [0.1, 0.15) is 5.75 Å². The molecule has 2 atom stereocenters. The van der Waals surface area contributed by atoms with E-state index in [9.17, 15) is 4.79 Å². The maximum atomic E-state index is 10.9. The lowest BCUT2D eigenvalue weighted by atomic mass is 10.1. The van der Waals surface area contributed by atoms with Gasteiger partial charge in [0.15, 0.2) is 0 Å². The fourth-order valence-electron chi connectivity index (χ4n) is 1.88. The highest BCUT2D eigenvalue weighted by Crippen LogP contribution is 2.30. The zero-order valence-corrected chi connectivity index (χ0v) is 13.3. The molecule has 0 amide bonds. The lowest BCUT2D eigenvalue weighted by Gasteiger charge is -2.27. The number of carbonyl (C=O) groups is 1. The molecule has 1 aromatic rings. The summed E-state index contributed by atoms with van der Waals surface area (Å²) >= 11 is 3.53. The second-order valence-electron chi connectivity index (χ2n) is 4.74. The molecule has 0 saturated carbocycles. The molecule has 0 bridgehead atoms. The average molecular weight is 330 g/mol. The van der Waals surface area contributed by atoms with Crippen molar-refractivity contribution >= 4 is 21.9 Å². The molecule has 0 radical (unpaired) electrons. The molecule has 0 aliphatic carbocycles. The summed E-state index contributed by atoms with van der Waals surface area (Å²) in [5.74, 6) is -0.360. The normalized spacial score (nSPS) is 14.2. The van der Waals surface area contributed by atoms with Gasteiger partial charge in [-0.3, -0.25) is 9.69 Å². The second kappa shape index (κ2) is 6.91. The van der Waals surface area contributed by atoms with Crippen LogP contribution in [-0.4, -0.2) is 36.7 Å². The van der Waals surface area contributed by atoms with E-state index >= 15 is 0 Å². The van der Waals surface area contributed by atoms with Crippen LogP contribution >= 0.6 is 15.9 Å². The number of rotatable bonds is 6. The largest absolute Gasteiger partial charge is 0.497 e. The van der Waals surface area contributed by atoms with Crippen molar-refractivity contribution in [2.45, 2.75) is 19.9 Å². The molecule has 0 heterocycles. The predicted octanol–water partition coefficient (Wildman–Crippen LogP) is 3.17.